The monoisotopic (exact) mass is 279 g/mol. The lowest BCUT2D eigenvalue weighted by Gasteiger charge is -2.42. The highest BCUT2D eigenvalue weighted by Crippen LogP contribution is 2.37. The fourth-order valence-corrected chi connectivity index (χ4v) is 3.87. The Hall–Kier alpha value is -0.610. The number of amides is 1. The molecule has 4 nitrogen and oxygen atoms in total. The van der Waals surface area contributed by atoms with Crippen molar-refractivity contribution in [1.82, 2.24) is 9.80 Å². The Morgan fingerprint density at radius 1 is 1.05 bits per heavy atom. The summed E-state index contributed by atoms with van der Waals surface area (Å²) in [6.07, 6.45) is 8.44. The lowest BCUT2D eigenvalue weighted by atomic mass is 9.73. The SMILES string of the molecule is NCC1(C(=O)N2CCN(CC3CC3)CC2)CCCCC1. The molecule has 0 spiro atoms. The Morgan fingerprint density at radius 2 is 1.70 bits per heavy atom. The number of nitrogens with zero attached hydrogens (tertiary/aromatic N) is 2. The van der Waals surface area contributed by atoms with Crippen LogP contribution >= 0.6 is 0 Å². The molecule has 0 unspecified atom stereocenters. The van der Waals surface area contributed by atoms with Crippen molar-refractivity contribution in [2.45, 2.75) is 44.9 Å². The van der Waals surface area contributed by atoms with Crippen LogP contribution in [0.3, 0.4) is 0 Å². The van der Waals surface area contributed by atoms with Gasteiger partial charge in [0.1, 0.15) is 0 Å². The first-order valence-electron chi connectivity index (χ1n) is 8.45. The van der Waals surface area contributed by atoms with Gasteiger partial charge in [-0.2, -0.15) is 0 Å². The van der Waals surface area contributed by atoms with E-state index in [4.69, 9.17) is 5.73 Å². The van der Waals surface area contributed by atoms with E-state index in [9.17, 15) is 4.79 Å². The van der Waals surface area contributed by atoms with E-state index in [1.165, 1.54) is 38.6 Å². The zero-order valence-electron chi connectivity index (χ0n) is 12.6. The van der Waals surface area contributed by atoms with Crippen LogP contribution in [0.4, 0.5) is 0 Å². The molecule has 0 bridgehead atoms. The second kappa shape index (κ2) is 6.02. The van der Waals surface area contributed by atoms with Crippen LogP contribution in [0.1, 0.15) is 44.9 Å². The largest absolute Gasteiger partial charge is 0.340 e. The maximum Gasteiger partial charge on any atom is 0.230 e. The van der Waals surface area contributed by atoms with Gasteiger partial charge in [0, 0.05) is 39.3 Å². The molecule has 1 amide bonds. The van der Waals surface area contributed by atoms with Gasteiger partial charge in [-0.15, -0.1) is 0 Å². The summed E-state index contributed by atoms with van der Waals surface area (Å²) in [5.41, 5.74) is 5.76. The molecule has 3 fully saturated rings. The zero-order chi connectivity index (χ0) is 14.0. The minimum absolute atomic E-state index is 0.225. The standard InChI is InChI=1S/C16H29N3O/c17-13-16(6-2-1-3-7-16)15(20)19-10-8-18(9-11-19)12-14-4-5-14/h14H,1-13,17H2. The molecule has 0 atom stereocenters. The fraction of sp³-hybridized carbons (Fsp3) is 0.938. The molecule has 1 saturated heterocycles. The molecule has 2 N–H and O–H groups in total. The van der Waals surface area contributed by atoms with Gasteiger partial charge in [-0.05, 0) is 31.6 Å². The van der Waals surface area contributed by atoms with Crippen molar-refractivity contribution in [3.05, 3.63) is 0 Å². The minimum atomic E-state index is -0.225. The van der Waals surface area contributed by atoms with Gasteiger partial charge in [0.25, 0.3) is 0 Å². The number of carbonyl (C=O) groups excluding carboxylic acids is 1. The zero-order valence-corrected chi connectivity index (χ0v) is 12.6. The van der Waals surface area contributed by atoms with E-state index in [1.807, 2.05) is 0 Å². The Labute approximate surface area is 122 Å². The quantitative estimate of drug-likeness (QED) is 0.847. The van der Waals surface area contributed by atoms with E-state index in [1.54, 1.807) is 0 Å². The summed E-state index contributed by atoms with van der Waals surface area (Å²) in [6.45, 7) is 5.73. The number of hydrogen-bond donors (Lipinski definition) is 1. The third-order valence-corrected chi connectivity index (χ3v) is 5.53. The summed E-state index contributed by atoms with van der Waals surface area (Å²) in [5.74, 6) is 1.30. The third-order valence-electron chi connectivity index (χ3n) is 5.53. The molecule has 114 valence electrons. The van der Waals surface area contributed by atoms with E-state index < -0.39 is 0 Å². The third kappa shape index (κ3) is 3.01. The molecule has 2 saturated carbocycles. The van der Waals surface area contributed by atoms with Crippen LogP contribution in [0, 0.1) is 11.3 Å². The number of carbonyl (C=O) groups is 1. The van der Waals surface area contributed by atoms with Gasteiger partial charge in [0.15, 0.2) is 0 Å². The van der Waals surface area contributed by atoms with Crippen molar-refractivity contribution in [3.8, 4) is 0 Å². The lowest BCUT2D eigenvalue weighted by Crippen LogP contribution is -2.55. The molecular formula is C16H29N3O. The Bertz CT molecular complexity index is 340. The molecule has 20 heavy (non-hydrogen) atoms. The minimum Gasteiger partial charge on any atom is -0.340 e. The van der Waals surface area contributed by atoms with Crippen molar-refractivity contribution >= 4 is 5.91 Å². The normalized spacial score (nSPS) is 27.6. The smallest absolute Gasteiger partial charge is 0.230 e. The number of nitrogens with two attached hydrogens (primary N) is 1. The van der Waals surface area contributed by atoms with Crippen molar-refractivity contribution in [2.75, 3.05) is 39.3 Å². The van der Waals surface area contributed by atoms with Gasteiger partial charge >= 0.3 is 0 Å². The molecule has 0 radical (unpaired) electrons. The van der Waals surface area contributed by atoms with Crippen molar-refractivity contribution in [2.24, 2.45) is 17.1 Å². The van der Waals surface area contributed by atoms with Crippen LogP contribution in [-0.4, -0.2) is 55.0 Å². The summed E-state index contributed by atoms with van der Waals surface area (Å²) >= 11 is 0. The molecule has 0 aromatic heterocycles. The van der Waals surface area contributed by atoms with Gasteiger partial charge in [-0.3, -0.25) is 9.69 Å². The first-order chi connectivity index (χ1) is 9.73. The Balaban J connectivity index is 1.54. The molecule has 0 aromatic carbocycles. The summed E-state index contributed by atoms with van der Waals surface area (Å²) in [4.78, 5) is 17.5. The fourth-order valence-electron chi connectivity index (χ4n) is 3.87. The maximum absolute atomic E-state index is 12.9. The van der Waals surface area contributed by atoms with Crippen molar-refractivity contribution in [1.29, 1.82) is 0 Å². The molecule has 2 aliphatic carbocycles. The average molecular weight is 279 g/mol. The van der Waals surface area contributed by atoms with E-state index in [2.05, 4.69) is 9.80 Å². The molecular weight excluding hydrogens is 250 g/mol. The van der Waals surface area contributed by atoms with Gasteiger partial charge in [0.05, 0.1) is 5.41 Å². The Morgan fingerprint density at radius 3 is 2.25 bits per heavy atom. The summed E-state index contributed by atoms with van der Waals surface area (Å²) < 4.78 is 0. The van der Waals surface area contributed by atoms with Crippen LogP contribution in [-0.2, 0) is 4.79 Å². The number of rotatable bonds is 4. The predicted molar refractivity (Wildman–Crippen MR) is 80.3 cm³/mol. The molecule has 1 aliphatic heterocycles. The van der Waals surface area contributed by atoms with Crippen LogP contribution < -0.4 is 5.73 Å². The molecule has 3 rings (SSSR count). The molecule has 1 heterocycles. The van der Waals surface area contributed by atoms with Gasteiger partial charge < -0.3 is 10.6 Å². The van der Waals surface area contributed by atoms with Crippen molar-refractivity contribution < 1.29 is 4.79 Å². The van der Waals surface area contributed by atoms with Crippen LogP contribution in [0.5, 0.6) is 0 Å². The van der Waals surface area contributed by atoms with Gasteiger partial charge in [0.2, 0.25) is 5.91 Å². The summed E-state index contributed by atoms with van der Waals surface area (Å²) in [5, 5.41) is 0. The van der Waals surface area contributed by atoms with Crippen LogP contribution in [0.2, 0.25) is 0 Å². The topological polar surface area (TPSA) is 49.6 Å². The van der Waals surface area contributed by atoms with Crippen LogP contribution in [0.25, 0.3) is 0 Å². The number of hydrogen-bond acceptors (Lipinski definition) is 3. The highest BCUT2D eigenvalue weighted by Gasteiger charge is 2.41. The number of piperazine rings is 1. The maximum atomic E-state index is 12.9. The highest BCUT2D eigenvalue weighted by molar-refractivity contribution is 5.83. The van der Waals surface area contributed by atoms with E-state index >= 15 is 0 Å². The van der Waals surface area contributed by atoms with Crippen LogP contribution in [0.15, 0.2) is 0 Å². The average Bonchev–Trinajstić information content (AvgIpc) is 3.32. The second-order valence-electron chi connectivity index (χ2n) is 7.08. The summed E-state index contributed by atoms with van der Waals surface area (Å²) in [7, 11) is 0. The Kier molecular flexibility index (Phi) is 4.32. The summed E-state index contributed by atoms with van der Waals surface area (Å²) in [6, 6.07) is 0. The lowest BCUT2D eigenvalue weighted by molar-refractivity contribution is -0.145. The van der Waals surface area contributed by atoms with Gasteiger partial charge in [-0.25, -0.2) is 0 Å². The molecule has 4 heteroatoms. The van der Waals surface area contributed by atoms with E-state index in [-0.39, 0.29) is 5.41 Å². The van der Waals surface area contributed by atoms with E-state index in [0.717, 1.165) is 44.9 Å². The first kappa shape index (κ1) is 14.3. The second-order valence-corrected chi connectivity index (χ2v) is 7.08. The highest BCUT2D eigenvalue weighted by atomic mass is 16.2. The molecule has 0 aromatic rings. The predicted octanol–water partition coefficient (Wildman–Crippen LogP) is 1.45. The first-order valence-corrected chi connectivity index (χ1v) is 8.45. The van der Waals surface area contributed by atoms with E-state index in [0.29, 0.717) is 12.5 Å². The molecule has 3 aliphatic rings. The van der Waals surface area contributed by atoms with Crippen molar-refractivity contribution in [3.63, 3.8) is 0 Å². The van der Waals surface area contributed by atoms with Gasteiger partial charge in [-0.1, -0.05) is 19.3 Å².